The molecule has 144 valence electrons. The Balaban J connectivity index is 1.32. The van der Waals surface area contributed by atoms with Crippen molar-refractivity contribution in [3.05, 3.63) is 84.1 Å². The van der Waals surface area contributed by atoms with E-state index in [1.165, 1.54) is 5.56 Å². The maximum Gasteiger partial charge on any atom is 0.253 e. The number of pyridine rings is 1. The fourth-order valence-corrected chi connectivity index (χ4v) is 3.41. The summed E-state index contributed by atoms with van der Waals surface area (Å²) in [5.74, 6) is 0.584. The highest BCUT2D eigenvalue weighted by atomic mass is 16.3. The summed E-state index contributed by atoms with van der Waals surface area (Å²) in [6.07, 6.45) is 5.03. The molecule has 28 heavy (non-hydrogen) atoms. The minimum Gasteiger partial charge on any atom is -0.467 e. The van der Waals surface area contributed by atoms with Crippen LogP contribution in [-0.4, -0.2) is 42.0 Å². The van der Waals surface area contributed by atoms with E-state index in [9.17, 15) is 4.79 Å². The molecule has 0 radical (unpaired) electrons. The molecule has 6 nitrogen and oxygen atoms in total. The van der Waals surface area contributed by atoms with Crippen LogP contribution in [0.15, 0.2) is 71.6 Å². The molecule has 3 aromatic rings. The smallest absolute Gasteiger partial charge is 0.253 e. The first kappa shape index (κ1) is 18.3. The van der Waals surface area contributed by atoms with Crippen LogP contribution < -0.4 is 10.2 Å². The van der Waals surface area contributed by atoms with Crippen LogP contribution in [0, 0.1) is 0 Å². The maximum atomic E-state index is 12.4. The quantitative estimate of drug-likeness (QED) is 0.717. The van der Waals surface area contributed by atoms with E-state index >= 15 is 0 Å². The van der Waals surface area contributed by atoms with Gasteiger partial charge in [-0.05, 0) is 23.8 Å². The molecule has 3 heterocycles. The van der Waals surface area contributed by atoms with Crippen LogP contribution in [0.3, 0.4) is 0 Å². The Morgan fingerprint density at radius 3 is 2.61 bits per heavy atom. The van der Waals surface area contributed by atoms with E-state index in [-0.39, 0.29) is 5.91 Å². The topological polar surface area (TPSA) is 61.6 Å². The zero-order valence-electron chi connectivity index (χ0n) is 15.8. The lowest BCUT2D eigenvalue weighted by atomic mass is 10.2. The molecule has 0 unspecified atom stereocenters. The first-order valence-electron chi connectivity index (χ1n) is 9.55. The van der Waals surface area contributed by atoms with Crippen molar-refractivity contribution in [1.29, 1.82) is 0 Å². The standard InChI is InChI=1S/C22H24N4O2/c27-22(24-16-21-7-4-12-28-21)19-13-20(15-23-14-19)26-10-8-25(9-11-26)17-18-5-2-1-3-6-18/h1-7,12-15H,8-11,16-17H2,(H,24,27). The molecule has 0 saturated carbocycles. The van der Waals surface area contributed by atoms with Gasteiger partial charge in [0.1, 0.15) is 5.76 Å². The summed E-state index contributed by atoms with van der Waals surface area (Å²) in [7, 11) is 0. The number of rotatable bonds is 6. The second-order valence-electron chi connectivity index (χ2n) is 6.94. The van der Waals surface area contributed by atoms with E-state index < -0.39 is 0 Å². The molecule has 0 aliphatic carbocycles. The SMILES string of the molecule is O=C(NCc1ccco1)c1cncc(N2CCN(Cc3ccccc3)CC2)c1. The molecule has 1 aliphatic heterocycles. The van der Waals surface area contributed by atoms with Crippen LogP contribution in [0.5, 0.6) is 0 Å². The van der Waals surface area contributed by atoms with E-state index in [4.69, 9.17) is 4.42 Å². The molecule has 2 aromatic heterocycles. The van der Waals surface area contributed by atoms with Gasteiger partial charge in [0.2, 0.25) is 0 Å². The van der Waals surface area contributed by atoms with E-state index in [1.54, 1.807) is 18.5 Å². The van der Waals surface area contributed by atoms with E-state index in [2.05, 4.69) is 44.4 Å². The second kappa shape index (κ2) is 8.71. The van der Waals surface area contributed by atoms with Gasteiger partial charge in [0.15, 0.2) is 0 Å². The molecule has 1 N–H and O–H groups in total. The fourth-order valence-electron chi connectivity index (χ4n) is 3.41. The minimum atomic E-state index is -0.145. The van der Waals surface area contributed by atoms with Crippen molar-refractivity contribution in [2.75, 3.05) is 31.1 Å². The van der Waals surface area contributed by atoms with Gasteiger partial charge in [0, 0.05) is 38.9 Å². The van der Waals surface area contributed by atoms with Gasteiger partial charge < -0.3 is 14.6 Å². The average Bonchev–Trinajstić information content (AvgIpc) is 3.27. The van der Waals surface area contributed by atoms with Crippen LogP contribution >= 0.6 is 0 Å². The molecule has 1 fully saturated rings. The van der Waals surface area contributed by atoms with Crippen molar-refractivity contribution in [2.24, 2.45) is 0 Å². The summed E-state index contributed by atoms with van der Waals surface area (Å²) in [5.41, 5.74) is 2.90. The number of amides is 1. The van der Waals surface area contributed by atoms with Gasteiger partial charge in [-0.1, -0.05) is 30.3 Å². The Labute approximate surface area is 164 Å². The monoisotopic (exact) mass is 376 g/mol. The van der Waals surface area contributed by atoms with Crippen molar-refractivity contribution >= 4 is 11.6 Å². The van der Waals surface area contributed by atoms with E-state index in [0.29, 0.717) is 12.1 Å². The summed E-state index contributed by atoms with van der Waals surface area (Å²) in [6, 6.07) is 16.1. The molecular weight excluding hydrogens is 352 g/mol. The third-order valence-corrected chi connectivity index (χ3v) is 4.98. The Morgan fingerprint density at radius 1 is 1.04 bits per heavy atom. The van der Waals surface area contributed by atoms with Crippen molar-refractivity contribution in [2.45, 2.75) is 13.1 Å². The van der Waals surface area contributed by atoms with Crippen molar-refractivity contribution < 1.29 is 9.21 Å². The molecular formula is C22H24N4O2. The molecule has 0 bridgehead atoms. The van der Waals surface area contributed by atoms with Crippen LogP contribution in [-0.2, 0) is 13.1 Å². The lowest BCUT2D eigenvalue weighted by Crippen LogP contribution is -2.46. The highest BCUT2D eigenvalue weighted by Gasteiger charge is 2.18. The van der Waals surface area contributed by atoms with Gasteiger partial charge in [0.05, 0.1) is 30.3 Å². The number of hydrogen-bond donors (Lipinski definition) is 1. The molecule has 1 amide bonds. The number of hydrogen-bond acceptors (Lipinski definition) is 5. The zero-order chi connectivity index (χ0) is 19.2. The Kier molecular flexibility index (Phi) is 5.68. The summed E-state index contributed by atoms with van der Waals surface area (Å²) < 4.78 is 5.25. The summed E-state index contributed by atoms with van der Waals surface area (Å²) in [5, 5.41) is 2.87. The van der Waals surface area contributed by atoms with E-state index in [1.807, 2.05) is 24.4 Å². The first-order valence-corrected chi connectivity index (χ1v) is 9.55. The molecule has 0 atom stereocenters. The second-order valence-corrected chi connectivity index (χ2v) is 6.94. The lowest BCUT2D eigenvalue weighted by molar-refractivity contribution is 0.0947. The molecule has 4 rings (SSSR count). The van der Waals surface area contributed by atoms with E-state index in [0.717, 1.165) is 44.2 Å². The summed E-state index contributed by atoms with van der Waals surface area (Å²) in [6.45, 7) is 5.17. The number of anilines is 1. The third kappa shape index (κ3) is 4.58. The van der Waals surface area contributed by atoms with Gasteiger partial charge in [-0.15, -0.1) is 0 Å². The van der Waals surface area contributed by atoms with Crippen LogP contribution in [0.2, 0.25) is 0 Å². The molecule has 6 heteroatoms. The molecule has 0 spiro atoms. The maximum absolute atomic E-state index is 12.4. The molecule has 1 saturated heterocycles. The minimum absolute atomic E-state index is 0.145. The van der Waals surface area contributed by atoms with Gasteiger partial charge in [0.25, 0.3) is 5.91 Å². The molecule has 1 aromatic carbocycles. The van der Waals surface area contributed by atoms with Crippen LogP contribution in [0.25, 0.3) is 0 Å². The Morgan fingerprint density at radius 2 is 1.86 bits per heavy atom. The summed E-state index contributed by atoms with van der Waals surface area (Å²) >= 11 is 0. The Hall–Kier alpha value is -3.12. The van der Waals surface area contributed by atoms with Crippen molar-refractivity contribution in [3.63, 3.8) is 0 Å². The number of nitrogens with zero attached hydrogens (tertiary/aromatic N) is 3. The van der Waals surface area contributed by atoms with Gasteiger partial charge in [-0.25, -0.2) is 0 Å². The lowest BCUT2D eigenvalue weighted by Gasteiger charge is -2.36. The van der Waals surface area contributed by atoms with Crippen LogP contribution in [0.1, 0.15) is 21.7 Å². The van der Waals surface area contributed by atoms with Gasteiger partial charge in [-0.3, -0.25) is 14.7 Å². The zero-order valence-corrected chi connectivity index (χ0v) is 15.8. The average molecular weight is 376 g/mol. The predicted octanol–water partition coefficient (Wildman–Crippen LogP) is 2.93. The van der Waals surface area contributed by atoms with Gasteiger partial charge >= 0.3 is 0 Å². The fraction of sp³-hybridized carbons (Fsp3) is 0.273. The number of carbonyl (C=O) groups excluding carboxylic acids is 1. The molecule has 1 aliphatic rings. The highest BCUT2D eigenvalue weighted by Crippen LogP contribution is 2.18. The van der Waals surface area contributed by atoms with Gasteiger partial charge in [-0.2, -0.15) is 0 Å². The number of nitrogens with one attached hydrogen (secondary N) is 1. The third-order valence-electron chi connectivity index (χ3n) is 4.98. The van der Waals surface area contributed by atoms with Crippen molar-refractivity contribution in [1.82, 2.24) is 15.2 Å². The largest absolute Gasteiger partial charge is 0.467 e. The first-order chi connectivity index (χ1) is 13.8. The summed E-state index contributed by atoms with van der Waals surface area (Å²) in [4.78, 5) is 21.4. The normalized spacial score (nSPS) is 14.8. The Bertz CT molecular complexity index is 888. The number of carbonyl (C=O) groups is 1. The predicted molar refractivity (Wildman–Crippen MR) is 108 cm³/mol. The number of furan rings is 1. The number of aromatic nitrogens is 1. The van der Waals surface area contributed by atoms with Crippen LogP contribution in [0.4, 0.5) is 5.69 Å². The van der Waals surface area contributed by atoms with Crippen molar-refractivity contribution in [3.8, 4) is 0 Å². The number of piperazine rings is 1. The highest BCUT2D eigenvalue weighted by molar-refractivity contribution is 5.94. The number of benzene rings is 1.